The molecule has 2 N–H and O–H groups in total. The molecule has 0 fully saturated rings. The first-order valence-electron chi connectivity index (χ1n) is 9.15. The monoisotopic (exact) mass is 399 g/mol. The number of anilines is 3. The third-order valence-corrected chi connectivity index (χ3v) is 6.52. The first kappa shape index (κ1) is 18.5. The summed E-state index contributed by atoms with van der Waals surface area (Å²) < 4.78 is 28.5. The van der Waals surface area contributed by atoms with Gasteiger partial charge in [-0.15, -0.1) is 0 Å². The lowest BCUT2D eigenvalue weighted by molar-refractivity contribution is -0.119. The summed E-state index contributed by atoms with van der Waals surface area (Å²) in [6, 6.07) is 9.72. The molecule has 2 aliphatic heterocycles. The lowest BCUT2D eigenvalue weighted by atomic mass is 9.97. The molecule has 8 heteroatoms. The maximum atomic E-state index is 12.9. The van der Waals surface area contributed by atoms with E-state index >= 15 is 0 Å². The number of hydrogen-bond acceptors (Lipinski definition) is 4. The zero-order valence-corrected chi connectivity index (χ0v) is 16.5. The molecule has 2 aliphatic rings. The highest BCUT2D eigenvalue weighted by atomic mass is 32.2. The van der Waals surface area contributed by atoms with Crippen LogP contribution in [0, 0.1) is 0 Å². The van der Waals surface area contributed by atoms with Crippen LogP contribution in [-0.2, 0) is 26.0 Å². The van der Waals surface area contributed by atoms with Gasteiger partial charge >= 0.3 is 0 Å². The molecule has 146 valence electrons. The summed E-state index contributed by atoms with van der Waals surface area (Å²) in [5.74, 6) is -0.496. The molecule has 0 bridgehead atoms. The van der Waals surface area contributed by atoms with Gasteiger partial charge in [0, 0.05) is 24.8 Å². The van der Waals surface area contributed by atoms with Gasteiger partial charge in [0.25, 0.3) is 10.0 Å². The topological polar surface area (TPSA) is 95.6 Å². The largest absolute Gasteiger partial charge is 0.326 e. The smallest absolute Gasteiger partial charge is 0.261 e. The van der Waals surface area contributed by atoms with Crippen molar-refractivity contribution < 1.29 is 18.0 Å². The molecule has 2 heterocycles. The molecule has 0 saturated heterocycles. The molecule has 1 atom stereocenters. The first-order chi connectivity index (χ1) is 13.3. The Kier molecular flexibility index (Phi) is 4.38. The zero-order chi connectivity index (χ0) is 20.1. The Morgan fingerprint density at radius 2 is 1.82 bits per heavy atom. The standard InChI is InChI=1S/C20H21N3O4S/c1-12-18-11-17(10-14-4-3-9-23(19(14)18)20(12)25)28(26,27)22-16-7-5-15(6-8-16)21-13(2)24/h5-8,10-12,22H,3-4,9H2,1-2H3,(H,21,24)/t12-/m0/s1. The molecule has 0 unspecified atom stereocenters. The summed E-state index contributed by atoms with van der Waals surface area (Å²) in [7, 11) is -3.80. The molecule has 0 aromatic heterocycles. The van der Waals surface area contributed by atoms with E-state index in [0.29, 0.717) is 17.9 Å². The van der Waals surface area contributed by atoms with E-state index in [1.54, 1.807) is 41.3 Å². The van der Waals surface area contributed by atoms with Gasteiger partial charge in [-0.25, -0.2) is 8.42 Å². The number of nitrogens with one attached hydrogen (secondary N) is 2. The number of benzene rings is 2. The maximum Gasteiger partial charge on any atom is 0.261 e. The summed E-state index contributed by atoms with van der Waals surface area (Å²) in [6.45, 7) is 3.92. The van der Waals surface area contributed by atoms with Gasteiger partial charge in [0.05, 0.1) is 16.5 Å². The van der Waals surface area contributed by atoms with E-state index < -0.39 is 10.0 Å². The number of rotatable bonds is 4. The number of hydrogen-bond donors (Lipinski definition) is 2. The fourth-order valence-corrected chi connectivity index (χ4v) is 5.00. The van der Waals surface area contributed by atoms with Crippen LogP contribution < -0.4 is 14.9 Å². The van der Waals surface area contributed by atoms with Crippen molar-refractivity contribution in [3.8, 4) is 0 Å². The second-order valence-corrected chi connectivity index (χ2v) is 8.88. The number of nitrogens with zero attached hydrogens (tertiary/aromatic N) is 1. The average Bonchev–Trinajstić information content (AvgIpc) is 2.89. The van der Waals surface area contributed by atoms with Gasteiger partial charge in [0.15, 0.2) is 0 Å². The molecule has 2 amide bonds. The van der Waals surface area contributed by atoms with Crippen LogP contribution in [-0.4, -0.2) is 26.8 Å². The lowest BCUT2D eigenvalue weighted by Gasteiger charge is -2.26. The predicted molar refractivity (Wildman–Crippen MR) is 107 cm³/mol. The summed E-state index contributed by atoms with van der Waals surface area (Å²) in [5.41, 5.74) is 3.56. The fraction of sp³-hybridized carbons (Fsp3) is 0.300. The van der Waals surface area contributed by atoms with E-state index in [1.807, 2.05) is 6.92 Å². The average molecular weight is 399 g/mol. The van der Waals surface area contributed by atoms with Crippen LogP contribution in [0.4, 0.5) is 17.1 Å². The molecule has 0 aliphatic carbocycles. The Morgan fingerprint density at radius 1 is 1.14 bits per heavy atom. The Labute approximate surface area is 163 Å². The van der Waals surface area contributed by atoms with Crippen LogP contribution in [0.3, 0.4) is 0 Å². The summed E-state index contributed by atoms with van der Waals surface area (Å²) in [5, 5.41) is 2.64. The van der Waals surface area contributed by atoms with Crippen molar-refractivity contribution in [2.24, 2.45) is 0 Å². The Balaban J connectivity index is 1.66. The minimum absolute atomic E-state index is 0.0343. The highest BCUT2D eigenvalue weighted by Gasteiger charge is 2.38. The molecule has 28 heavy (non-hydrogen) atoms. The second-order valence-electron chi connectivity index (χ2n) is 7.20. The molecule has 0 saturated carbocycles. The lowest BCUT2D eigenvalue weighted by Crippen LogP contribution is -2.32. The highest BCUT2D eigenvalue weighted by molar-refractivity contribution is 7.92. The van der Waals surface area contributed by atoms with Crippen molar-refractivity contribution >= 4 is 38.9 Å². The molecule has 2 aromatic carbocycles. The number of carbonyl (C=O) groups excluding carboxylic acids is 2. The van der Waals surface area contributed by atoms with Gasteiger partial charge in [0.1, 0.15) is 0 Å². The van der Waals surface area contributed by atoms with E-state index in [1.165, 1.54) is 6.92 Å². The van der Waals surface area contributed by atoms with Gasteiger partial charge < -0.3 is 10.2 Å². The van der Waals surface area contributed by atoms with Crippen LogP contribution in [0.25, 0.3) is 0 Å². The molecule has 0 radical (unpaired) electrons. The molecule has 2 aromatic rings. The van der Waals surface area contributed by atoms with Gasteiger partial charge in [-0.3, -0.25) is 14.3 Å². The third kappa shape index (κ3) is 3.13. The van der Waals surface area contributed by atoms with Crippen LogP contribution in [0.15, 0.2) is 41.3 Å². The quantitative estimate of drug-likeness (QED) is 0.826. The van der Waals surface area contributed by atoms with E-state index in [-0.39, 0.29) is 22.6 Å². The summed E-state index contributed by atoms with van der Waals surface area (Å²) in [4.78, 5) is 25.5. The minimum Gasteiger partial charge on any atom is -0.326 e. The van der Waals surface area contributed by atoms with Gasteiger partial charge in [-0.05, 0) is 67.3 Å². The number of carbonyl (C=O) groups is 2. The SMILES string of the molecule is CC(=O)Nc1ccc(NS(=O)(=O)c2cc3c4c(c2)[C@H](C)C(=O)N4CCC3)cc1. The first-order valence-corrected chi connectivity index (χ1v) is 10.6. The molecule has 0 spiro atoms. The number of sulfonamides is 1. The normalized spacial score (nSPS) is 18.0. The van der Waals surface area contributed by atoms with E-state index in [9.17, 15) is 18.0 Å². The van der Waals surface area contributed by atoms with E-state index in [2.05, 4.69) is 10.0 Å². The van der Waals surface area contributed by atoms with Gasteiger partial charge in [-0.2, -0.15) is 0 Å². The zero-order valence-electron chi connectivity index (χ0n) is 15.7. The maximum absolute atomic E-state index is 12.9. The Hall–Kier alpha value is -2.87. The van der Waals surface area contributed by atoms with Crippen LogP contribution in [0.5, 0.6) is 0 Å². The highest BCUT2D eigenvalue weighted by Crippen LogP contribution is 2.44. The Morgan fingerprint density at radius 3 is 2.50 bits per heavy atom. The van der Waals surface area contributed by atoms with Crippen molar-refractivity contribution in [3.63, 3.8) is 0 Å². The fourth-order valence-electron chi connectivity index (χ4n) is 3.86. The molecule has 7 nitrogen and oxygen atoms in total. The minimum atomic E-state index is -3.80. The van der Waals surface area contributed by atoms with E-state index in [4.69, 9.17) is 0 Å². The van der Waals surface area contributed by atoms with Crippen LogP contribution in [0.2, 0.25) is 0 Å². The molecular weight excluding hydrogens is 378 g/mol. The second kappa shape index (κ2) is 6.63. The van der Waals surface area contributed by atoms with Gasteiger partial charge in [0.2, 0.25) is 11.8 Å². The van der Waals surface area contributed by atoms with Crippen LogP contribution >= 0.6 is 0 Å². The Bertz CT molecular complexity index is 1080. The van der Waals surface area contributed by atoms with Crippen molar-refractivity contribution in [2.75, 3.05) is 21.5 Å². The predicted octanol–water partition coefficient (Wildman–Crippen LogP) is 2.84. The van der Waals surface area contributed by atoms with Gasteiger partial charge in [-0.1, -0.05) is 0 Å². The van der Waals surface area contributed by atoms with Crippen LogP contribution in [0.1, 0.15) is 37.3 Å². The number of aryl methyl sites for hydroxylation is 1. The van der Waals surface area contributed by atoms with Crippen molar-refractivity contribution in [3.05, 3.63) is 47.5 Å². The summed E-state index contributed by atoms with van der Waals surface area (Å²) in [6.07, 6.45) is 1.58. The summed E-state index contributed by atoms with van der Waals surface area (Å²) >= 11 is 0. The third-order valence-electron chi connectivity index (χ3n) is 5.16. The van der Waals surface area contributed by atoms with E-state index in [0.717, 1.165) is 29.7 Å². The molecular formula is C20H21N3O4S. The molecule has 4 rings (SSSR count). The van der Waals surface area contributed by atoms with Crippen molar-refractivity contribution in [1.82, 2.24) is 0 Å². The van der Waals surface area contributed by atoms with Crippen molar-refractivity contribution in [2.45, 2.75) is 37.5 Å². The number of amides is 2. The van der Waals surface area contributed by atoms with Crippen molar-refractivity contribution in [1.29, 1.82) is 0 Å².